The molecule has 0 saturated carbocycles. The van der Waals surface area contributed by atoms with Gasteiger partial charge in [-0.2, -0.15) is 0 Å². The Balaban J connectivity index is 2.06. The van der Waals surface area contributed by atoms with E-state index < -0.39 is 0 Å². The lowest BCUT2D eigenvalue weighted by atomic mass is 10.1. The van der Waals surface area contributed by atoms with E-state index in [1.54, 1.807) is 6.26 Å². The fourth-order valence-corrected chi connectivity index (χ4v) is 1.96. The van der Waals surface area contributed by atoms with Crippen LogP contribution in [0.4, 0.5) is 0 Å². The van der Waals surface area contributed by atoms with E-state index in [0.717, 1.165) is 23.8 Å². The van der Waals surface area contributed by atoms with Crippen molar-refractivity contribution in [3.63, 3.8) is 0 Å². The van der Waals surface area contributed by atoms with Gasteiger partial charge in [-0.25, -0.2) is 9.98 Å². The molecule has 5 nitrogen and oxygen atoms in total. The van der Waals surface area contributed by atoms with Crippen molar-refractivity contribution in [2.24, 2.45) is 4.99 Å². The molecule has 0 radical (unpaired) electrons. The van der Waals surface area contributed by atoms with E-state index >= 15 is 0 Å². The number of oxazole rings is 1. The summed E-state index contributed by atoms with van der Waals surface area (Å²) in [5.74, 6) is 1.42. The van der Waals surface area contributed by atoms with Gasteiger partial charge < -0.3 is 15.1 Å². The van der Waals surface area contributed by atoms with Gasteiger partial charge in [-0.15, -0.1) is 0 Å². The molecule has 0 saturated heterocycles. The molecular weight excluding hydrogens is 276 g/mol. The summed E-state index contributed by atoms with van der Waals surface area (Å²) in [6, 6.07) is 8.45. The maximum absolute atomic E-state index is 5.54. The molecule has 0 aliphatic carbocycles. The molecule has 0 amide bonds. The summed E-state index contributed by atoms with van der Waals surface area (Å²) in [5, 5.41) is 6.49. The SMILES string of the molecule is CCNC(=NCc1coc(-c2ccc(C)cc2)n1)NC(C)C. The molecule has 0 atom stereocenters. The first kappa shape index (κ1) is 16.1. The van der Waals surface area contributed by atoms with Crippen LogP contribution >= 0.6 is 0 Å². The zero-order valence-corrected chi connectivity index (χ0v) is 13.7. The molecular formula is C17H24N4O. The Morgan fingerprint density at radius 2 is 2.00 bits per heavy atom. The summed E-state index contributed by atoms with van der Waals surface area (Å²) in [6.45, 7) is 9.58. The fourth-order valence-electron chi connectivity index (χ4n) is 1.96. The maximum atomic E-state index is 5.54. The molecule has 2 N–H and O–H groups in total. The lowest BCUT2D eigenvalue weighted by Gasteiger charge is -2.13. The molecule has 22 heavy (non-hydrogen) atoms. The standard InChI is InChI=1S/C17H24N4O/c1-5-18-17(20-12(2)3)19-10-15-11-22-16(21-15)14-8-6-13(4)7-9-14/h6-9,11-12H,5,10H2,1-4H3,(H2,18,19,20). The molecule has 2 rings (SSSR count). The highest BCUT2D eigenvalue weighted by atomic mass is 16.3. The van der Waals surface area contributed by atoms with Crippen LogP contribution in [-0.2, 0) is 6.54 Å². The van der Waals surface area contributed by atoms with Crippen molar-refractivity contribution in [3.8, 4) is 11.5 Å². The van der Waals surface area contributed by atoms with E-state index in [1.165, 1.54) is 5.56 Å². The molecule has 2 aromatic rings. The van der Waals surface area contributed by atoms with Crippen LogP contribution in [0.25, 0.3) is 11.5 Å². The molecule has 1 aromatic carbocycles. The topological polar surface area (TPSA) is 62.5 Å². The fraction of sp³-hybridized carbons (Fsp3) is 0.412. The number of nitrogens with zero attached hydrogens (tertiary/aromatic N) is 2. The number of rotatable bonds is 5. The van der Waals surface area contributed by atoms with Crippen molar-refractivity contribution >= 4 is 5.96 Å². The highest BCUT2D eigenvalue weighted by Gasteiger charge is 2.07. The first-order valence-electron chi connectivity index (χ1n) is 7.64. The van der Waals surface area contributed by atoms with Crippen molar-refractivity contribution in [2.75, 3.05) is 6.54 Å². The van der Waals surface area contributed by atoms with E-state index in [0.29, 0.717) is 18.5 Å². The quantitative estimate of drug-likeness (QED) is 0.658. The number of guanidine groups is 1. The number of hydrogen-bond acceptors (Lipinski definition) is 3. The predicted octanol–water partition coefficient (Wildman–Crippen LogP) is 3.11. The molecule has 0 fully saturated rings. The van der Waals surface area contributed by atoms with E-state index in [-0.39, 0.29) is 0 Å². The Morgan fingerprint density at radius 3 is 2.64 bits per heavy atom. The summed E-state index contributed by atoms with van der Waals surface area (Å²) < 4.78 is 5.54. The number of aryl methyl sites for hydroxylation is 1. The van der Waals surface area contributed by atoms with Gasteiger partial charge >= 0.3 is 0 Å². The number of nitrogens with one attached hydrogen (secondary N) is 2. The van der Waals surface area contributed by atoms with Crippen molar-refractivity contribution in [1.82, 2.24) is 15.6 Å². The van der Waals surface area contributed by atoms with Crippen LogP contribution in [0.1, 0.15) is 32.0 Å². The molecule has 0 unspecified atom stereocenters. The Labute approximate surface area is 131 Å². The maximum Gasteiger partial charge on any atom is 0.226 e. The molecule has 118 valence electrons. The Morgan fingerprint density at radius 1 is 1.27 bits per heavy atom. The number of hydrogen-bond donors (Lipinski definition) is 2. The summed E-state index contributed by atoms with van der Waals surface area (Å²) in [5.41, 5.74) is 3.01. The van der Waals surface area contributed by atoms with Crippen LogP contribution in [0.3, 0.4) is 0 Å². The lowest BCUT2D eigenvalue weighted by Crippen LogP contribution is -2.41. The minimum absolute atomic E-state index is 0.332. The lowest BCUT2D eigenvalue weighted by molar-refractivity contribution is 0.572. The van der Waals surface area contributed by atoms with Gasteiger partial charge in [0.25, 0.3) is 0 Å². The van der Waals surface area contributed by atoms with Crippen molar-refractivity contribution in [1.29, 1.82) is 0 Å². The average Bonchev–Trinajstić information content (AvgIpc) is 2.94. The number of aliphatic imine (C=N–C) groups is 1. The van der Waals surface area contributed by atoms with Gasteiger partial charge in [0.05, 0.1) is 6.54 Å². The zero-order valence-electron chi connectivity index (χ0n) is 13.7. The van der Waals surface area contributed by atoms with Crippen molar-refractivity contribution < 1.29 is 4.42 Å². The van der Waals surface area contributed by atoms with E-state index in [2.05, 4.69) is 41.4 Å². The summed E-state index contributed by atoms with van der Waals surface area (Å²) in [6.07, 6.45) is 1.66. The van der Waals surface area contributed by atoms with Crippen LogP contribution in [0.5, 0.6) is 0 Å². The smallest absolute Gasteiger partial charge is 0.226 e. The van der Waals surface area contributed by atoms with Crippen LogP contribution in [-0.4, -0.2) is 23.5 Å². The minimum Gasteiger partial charge on any atom is -0.444 e. The highest BCUT2D eigenvalue weighted by molar-refractivity contribution is 5.79. The molecule has 1 heterocycles. The molecule has 5 heteroatoms. The third-order valence-corrected chi connectivity index (χ3v) is 3.02. The first-order valence-corrected chi connectivity index (χ1v) is 7.64. The van der Waals surface area contributed by atoms with Crippen molar-refractivity contribution in [3.05, 3.63) is 41.8 Å². The van der Waals surface area contributed by atoms with E-state index in [1.807, 2.05) is 31.2 Å². The molecule has 0 aliphatic heterocycles. The second-order valence-corrected chi connectivity index (χ2v) is 5.50. The Bertz CT molecular complexity index is 614. The first-order chi connectivity index (χ1) is 10.6. The normalized spacial score (nSPS) is 11.8. The van der Waals surface area contributed by atoms with Gasteiger partial charge in [0.2, 0.25) is 5.89 Å². The predicted molar refractivity (Wildman–Crippen MR) is 89.8 cm³/mol. The highest BCUT2D eigenvalue weighted by Crippen LogP contribution is 2.19. The second kappa shape index (κ2) is 7.64. The molecule has 0 bridgehead atoms. The Kier molecular flexibility index (Phi) is 5.58. The zero-order chi connectivity index (χ0) is 15.9. The summed E-state index contributed by atoms with van der Waals surface area (Å²) >= 11 is 0. The largest absolute Gasteiger partial charge is 0.444 e. The number of benzene rings is 1. The minimum atomic E-state index is 0.332. The number of aromatic nitrogens is 1. The monoisotopic (exact) mass is 300 g/mol. The van der Waals surface area contributed by atoms with Gasteiger partial charge in [0.15, 0.2) is 5.96 Å². The van der Waals surface area contributed by atoms with Gasteiger partial charge in [0.1, 0.15) is 12.0 Å². The van der Waals surface area contributed by atoms with E-state index in [9.17, 15) is 0 Å². The second-order valence-electron chi connectivity index (χ2n) is 5.50. The van der Waals surface area contributed by atoms with Gasteiger partial charge in [-0.05, 0) is 39.8 Å². The van der Waals surface area contributed by atoms with Crippen LogP contribution in [0.15, 0.2) is 39.9 Å². The van der Waals surface area contributed by atoms with Crippen LogP contribution in [0.2, 0.25) is 0 Å². The molecule has 1 aromatic heterocycles. The van der Waals surface area contributed by atoms with Crippen molar-refractivity contribution in [2.45, 2.75) is 40.3 Å². The summed E-state index contributed by atoms with van der Waals surface area (Å²) in [4.78, 5) is 9.01. The molecule has 0 aliphatic rings. The molecule has 0 spiro atoms. The average molecular weight is 300 g/mol. The van der Waals surface area contributed by atoms with Gasteiger partial charge in [-0.3, -0.25) is 0 Å². The van der Waals surface area contributed by atoms with E-state index in [4.69, 9.17) is 4.42 Å². The van der Waals surface area contributed by atoms with Crippen LogP contribution < -0.4 is 10.6 Å². The third kappa shape index (κ3) is 4.62. The van der Waals surface area contributed by atoms with Gasteiger partial charge in [-0.1, -0.05) is 17.7 Å². The van der Waals surface area contributed by atoms with Gasteiger partial charge in [0, 0.05) is 18.2 Å². The third-order valence-electron chi connectivity index (χ3n) is 3.02. The van der Waals surface area contributed by atoms with Crippen LogP contribution in [0, 0.1) is 6.92 Å². The Hall–Kier alpha value is -2.30. The summed E-state index contributed by atoms with van der Waals surface area (Å²) in [7, 11) is 0.